The molecular weight excluding hydrogens is 288 g/mol. The topological polar surface area (TPSA) is 70.5 Å². The summed E-state index contributed by atoms with van der Waals surface area (Å²) in [6.07, 6.45) is 3.49. The standard InChI is InChI=1S/C15H22N2O3S/c1-10-9-21-13(16-10)4-3-5-14(18)17-8-12(15(19)20)7-6-11(17)2/h9,11-12H,3-8H2,1-2H3,(H,19,20). The third kappa shape index (κ3) is 4.27. The predicted molar refractivity (Wildman–Crippen MR) is 81.3 cm³/mol. The number of amides is 1. The van der Waals surface area contributed by atoms with Crippen molar-refractivity contribution < 1.29 is 14.7 Å². The van der Waals surface area contributed by atoms with Crippen LogP contribution in [0.25, 0.3) is 0 Å². The Bertz CT molecular complexity index is 515. The molecule has 1 aliphatic heterocycles. The van der Waals surface area contributed by atoms with Gasteiger partial charge in [0.25, 0.3) is 0 Å². The third-order valence-electron chi connectivity index (χ3n) is 4.00. The van der Waals surface area contributed by atoms with Crippen molar-refractivity contribution in [3.05, 3.63) is 16.1 Å². The molecule has 1 N–H and O–H groups in total. The molecule has 0 bridgehead atoms. The second kappa shape index (κ2) is 7.02. The molecule has 1 fully saturated rings. The number of likely N-dealkylation sites (tertiary alicyclic amines) is 1. The molecule has 116 valence electrons. The van der Waals surface area contributed by atoms with E-state index in [0.717, 1.165) is 30.0 Å². The van der Waals surface area contributed by atoms with Crippen LogP contribution < -0.4 is 0 Å². The van der Waals surface area contributed by atoms with Gasteiger partial charge < -0.3 is 10.0 Å². The number of hydrogen-bond donors (Lipinski definition) is 1. The Morgan fingerprint density at radius 3 is 2.86 bits per heavy atom. The minimum atomic E-state index is -0.794. The first kappa shape index (κ1) is 15.9. The Kier molecular flexibility index (Phi) is 5.33. The lowest BCUT2D eigenvalue weighted by Crippen LogP contribution is -2.47. The van der Waals surface area contributed by atoms with E-state index in [1.54, 1.807) is 16.2 Å². The molecule has 0 aliphatic carbocycles. The summed E-state index contributed by atoms with van der Waals surface area (Å²) in [5.41, 5.74) is 1.02. The molecule has 2 heterocycles. The van der Waals surface area contributed by atoms with Crippen LogP contribution in [0.4, 0.5) is 0 Å². The van der Waals surface area contributed by atoms with Gasteiger partial charge in [-0.25, -0.2) is 4.98 Å². The van der Waals surface area contributed by atoms with Crippen LogP contribution in [0.2, 0.25) is 0 Å². The first-order chi connectivity index (χ1) is 9.97. The van der Waals surface area contributed by atoms with Crippen molar-refractivity contribution in [2.75, 3.05) is 6.54 Å². The van der Waals surface area contributed by atoms with Crippen molar-refractivity contribution >= 4 is 23.2 Å². The zero-order valence-corrected chi connectivity index (χ0v) is 13.4. The molecule has 6 heteroatoms. The molecular formula is C15H22N2O3S. The number of carbonyl (C=O) groups is 2. The highest BCUT2D eigenvalue weighted by molar-refractivity contribution is 7.09. The minimum absolute atomic E-state index is 0.0710. The van der Waals surface area contributed by atoms with Crippen LogP contribution in [-0.2, 0) is 16.0 Å². The van der Waals surface area contributed by atoms with Crippen LogP contribution in [0.1, 0.15) is 43.3 Å². The number of aromatic nitrogens is 1. The number of carboxylic acid groups (broad SMARTS) is 1. The van der Waals surface area contributed by atoms with Crippen LogP contribution >= 0.6 is 11.3 Å². The van der Waals surface area contributed by atoms with E-state index in [9.17, 15) is 9.59 Å². The zero-order valence-electron chi connectivity index (χ0n) is 12.5. The Hall–Kier alpha value is -1.43. The average Bonchev–Trinajstić information content (AvgIpc) is 2.84. The number of thiazole rings is 1. The van der Waals surface area contributed by atoms with Gasteiger partial charge in [-0.15, -0.1) is 11.3 Å². The summed E-state index contributed by atoms with van der Waals surface area (Å²) in [6.45, 7) is 4.32. The molecule has 5 nitrogen and oxygen atoms in total. The van der Waals surface area contributed by atoms with Crippen molar-refractivity contribution in [3.8, 4) is 0 Å². The van der Waals surface area contributed by atoms with E-state index in [2.05, 4.69) is 4.98 Å². The normalized spacial score (nSPS) is 22.3. The molecule has 1 aromatic rings. The number of piperidine rings is 1. The molecule has 2 rings (SSSR count). The van der Waals surface area contributed by atoms with Gasteiger partial charge in [0.2, 0.25) is 5.91 Å². The van der Waals surface area contributed by atoms with Gasteiger partial charge in [0.15, 0.2) is 0 Å². The fourth-order valence-corrected chi connectivity index (χ4v) is 3.53. The first-order valence-electron chi connectivity index (χ1n) is 7.40. The van der Waals surface area contributed by atoms with Crippen molar-refractivity contribution in [2.24, 2.45) is 5.92 Å². The summed E-state index contributed by atoms with van der Waals surface area (Å²) >= 11 is 1.63. The highest BCUT2D eigenvalue weighted by Crippen LogP contribution is 2.23. The number of aryl methyl sites for hydroxylation is 2. The third-order valence-corrected chi connectivity index (χ3v) is 5.03. The molecule has 0 aromatic carbocycles. The molecule has 1 amide bonds. The highest BCUT2D eigenvalue weighted by Gasteiger charge is 2.32. The lowest BCUT2D eigenvalue weighted by Gasteiger charge is -2.36. The second-order valence-electron chi connectivity index (χ2n) is 5.74. The van der Waals surface area contributed by atoms with Crippen molar-refractivity contribution in [3.63, 3.8) is 0 Å². The van der Waals surface area contributed by atoms with E-state index in [1.165, 1.54) is 0 Å². The maximum absolute atomic E-state index is 12.3. The zero-order chi connectivity index (χ0) is 15.4. The summed E-state index contributed by atoms with van der Waals surface area (Å²) < 4.78 is 0. The quantitative estimate of drug-likeness (QED) is 0.907. The first-order valence-corrected chi connectivity index (χ1v) is 8.28. The van der Waals surface area contributed by atoms with Crippen LogP contribution in [0.3, 0.4) is 0 Å². The van der Waals surface area contributed by atoms with Crippen LogP contribution in [0.5, 0.6) is 0 Å². The van der Waals surface area contributed by atoms with Gasteiger partial charge in [-0.1, -0.05) is 0 Å². The van der Waals surface area contributed by atoms with Gasteiger partial charge in [-0.05, 0) is 39.5 Å². The molecule has 0 radical (unpaired) electrons. The van der Waals surface area contributed by atoms with Gasteiger partial charge >= 0.3 is 5.97 Å². The van der Waals surface area contributed by atoms with E-state index < -0.39 is 11.9 Å². The van der Waals surface area contributed by atoms with E-state index in [-0.39, 0.29) is 11.9 Å². The molecule has 21 heavy (non-hydrogen) atoms. The van der Waals surface area contributed by atoms with Gasteiger partial charge in [0.05, 0.1) is 10.9 Å². The molecule has 1 saturated heterocycles. The summed E-state index contributed by atoms with van der Waals surface area (Å²) in [4.78, 5) is 29.5. The highest BCUT2D eigenvalue weighted by atomic mass is 32.1. The number of carboxylic acids is 1. The summed E-state index contributed by atoms with van der Waals surface area (Å²) in [6, 6.07) is 0.148. The number of nitrogens with zero attached hydrogens (tertiary/aromatic N) is 2. The van der Waals surface area contributed by atoms with Gasteiger partial charge in [0, 0.05) is 30.1 Å². The Labute approximate surface area is 129 Å². The maximum Gasteiger partial charge on any atom is 0.308 e. The summed E-state index contributed by atoms with van der Waals surface area (Å²) in [7, 11) is 0. The van der Waals surface area contributed by atoms with Crippen molar-refractivity contribution in [2.45, 2.75) is 52.0 Å². The van der Waals surface area contributed by atoms with E-state index in [4.69, 9.17) is 5.11 Å². The fourth-order valence-electron chi connectivity index (χ4n) is 2.71. The number of rotatable bonds is 5. The predicted octanol–water partition coefficient (Wildman–Crippen LogP) is 2.49. The summed E-state index contributed by atoms with van der Waals surface area (Å²) in [5, 5.41) is 12.2. The van der Waals surface area contributed by atoms with E-state index >= 15 is 0 Å². The number of hydrogen-bond acceptors (Lipinski definition) is 4. The van der Waals surface area contributed by atoms with Crippen molar-refractivity contribution in [1.82, 2.24) is 9.88 Å². The van der Waals surface area contributed by atoms with Gasteiger partial charge in [-0.2, -0.15) is 0 Å². The van der Waals surface area contributed by atoms with Crippen molar-refractivity contribution in [1.29, 1.82) is 0 Å². The number of carbonyl (C=O) groups excluding carboxylic acids is 1. The molecule has 1 aliphatic rings. The lowest BCUT2D eigenvalue weighted by molar-refractivity contribution is -0.147. The SMILES string of the molecule is Cc1csc(CCCC(=O)N2CC(C(=O)O)CCC2C)n1. The minimum Gasteiger partial charge on any atom is -0.481 e. The molecule has 2 atom stereocenters. The smallest absolute Gasteiger partial charge is 0.308 e. The van der Waals surface area contributed by atoms with Crippen LogP contribution in [0.15, 0.2) is 5.38 Å². The Morgan fingerprint density at radius 1 is 1.48 bits per heavy atom. The molecule has 1 aromatic heterocycles. The van der Waals surface area contributed by atoms with Gasteiger partial charge in [0.1, 0.15) is 0 Å². The summed E-state index contributed by atoms with van der Waals surface area (Å²) in [5.74, 6) is -1.13. The van der Waals surface area contributed by atoms with Gasteiger partial charge in [-0.3, -0.25) is 9.59 Å². The second-order valence-corrected chi connectivity index (χ2v) is 6.69. The van der Waals surface area contributed by atoms with Crippen LogP contribution in [-0.4, -0.2) is 39.5 Å². The van der Waals surface area contributed by atoms with E-state index in [1.807, 2.05) is 19.2 Å². The van der Waals surface area contributed by atoms with Crippen LogP contribution in [0, 0.1) is 12.8 Å². The number of aliphatic carboxylic acids is 1. The maximum atomic E-state index is 12.3. The lowest BCUT2D eigenvalue weighted by atomic mass is 9.93. The molecule has 0 saturated carbocycles. The Balaban J connectivity index is 1.82. The van der Waals surface area contributed by atoms with E-state index in [0.29, 0.717) is 19.4 Å². The largest absolute Gasteiger partial charge is 0.481 e. The fraction of sp³-hybridized carbons (Fsp3) is 0.667. The average molecular weight is 310 g/mol. The monoisotopic (exact) mass is 310 g/mol. The molecule has 0 spiro atoms. The Morgan fingerprint density at radius 2 is 2.24 bits per heavy atom. The molecule has 2 unspecified atom stereocenters.